The quantitative estimate of drug-likeness (QED) is 0.672. The minimum atomic E-state index is -0.541. The molecule has 3 rings (SSSR count). The van der Waals surface area contributed by atoms with Crippen molar-refractivity contribution in [2.24, 2.45) is 0 Å². The smallest absolute Gasteiger partial charge is 0.277 e. The van der Waals surface area contributed by atoms with Crippen molar-refractivity contribution in [3.8, 4) is 16.5 Å². The summed E-state index contributed by atoms with van der Waals surface area (Å²) in [5.41, 5.74) is 0.351. The molecular formula is C15H12FN3O3S2. The number of methoxy groups -OCH3 is 1. The zero-order valence-electron chi connectivity index (χ0n) is 12.5. The van der Waals surface area contributed by atoms with Crippen LogP contribution in [0.3, 0.4) is 0 Å². The van der Waals surface area contributed by atoms with Crippen molar-refractivity contribution in [3.63, 3.8) is 0 Å². The van der Waals surface area contributed by atoms with Crippen LogP contribution in [0.2, 0.25) is 0 Å². The first-order valence-electron chi connectivity index (χ1n) is 6.79. The molecule has 0 saturated heterocycles. The number of thioether (sulfide) groups is 1. The number of ether oxygens (including phenoxy) is 1. The van der Waals surface area contributed by atoms with Gasteiger partial charge >= 0.3 is 0 Å². The molecule has 0 radical (unpaired) electrons. The van der Waals surface area contributed by atoms with E-state index in [4.69, 9.17) is 9.15 Å². The van der Waals surface area contributed by atoms with Crippen molar-refractivity contribution in [3.05, 3.63) is 41.5 Å². The Hall–Kier alpha value is -2.39. The molecule has 0 aliphatic rings. The molecule has 2 aromatic heterocycles. The third-order valence-corrected chi connectivity index (χ3v) is 4.58. The van der Waals surface area contributed by atoms with Crippen LogP contribution in [0.4, 0.5) is 10.1 Å². The Morgan fingerprint density at radius 1 is 1.42 bits per heavy atom. The highest BCUT2D eigenvalue weighted by Gasteiger charge is 2.12. The van der Waals surface area contributed by atoms with Gasteiger partial charge in [-0.2, -0.15) is 0 Å². The van der Waals surface area contributed by atoms with E-state index in [2.05, 4.69) is 15.5 Å². The molecule has 0 aliphatic carbocycles. The van der Waals surface area contributed by atoms with Gasteiger partial charge in [-0.1, -0.05) is 17.8 Å². The topological polar surface area (TPSA) is 77.2 Å². The molecule has 1 amide bonds. The van der Waals surface area contributed by atoms with E-state index >= 15 is 0 Å². The molecule has 0 fully saturated rings. The third kappa shape index (κ3) is 3.92. The Balaban J connectivity index is 1.55. The maximum absolute atomic E-state index is 13.6. The number of benzene rings is 1. The molecule has 0 bridgehead atoms. The van der Waals surface area contributed by atoms with E-state index in [0.29, 0.717) is 16.8 Å². The summed E-state index contributed by atoms with van der Waals surface area (Å²) >= 11 is 2.60. The van der Waals surface area contributed by atoms with Gasteiger partial charge in [0.05, 0.1) is 17.7 Å². The molecule has 0 saturated carbocycles. The Labute approximate surface area is 145 Å². The predicted molar refractivity (Wildman–Crippen MR) is 89.9 cm³/mol. The Bertz CT molecular complexity index is 836. The van der Waals surface area contributed by atoms with Crippen molar-refractivity contribution >= 4 is 34.7 Å². The van der Waals surface area contributed by atoms with E-state index in [9.17, 15) is 9.18 Å². The number of nitrogens with zero attached hydrogens (tertiary/aromatic N) is 2. The van der Waals surface area contributed by atoms with Crippen molar-refractivity contribution in [2.75, 3.05) is 18.2 Å². The Morgan fingerprint density at radius 3 is 3.00 bits per heavy atom. The van der Waals surface area contributed by atoms with E-state index in [0.717, 1.165) is 16.6 Å². The molecule has 9 heteroatoms. The zero-order chi connectivity index (χ0) is 16.9. The fraction of sp³-hybridized carbons (Fsp3) is 0.133. The molecule has 0 atom stereocenters. The summed E-state index contributed by atoms with van der Waals surface area (Å²) in [5.74, 6) is -0.236. The minimum absolute atomic E-state index is 0.0692. The lowest BCUT2D eigenvalue weighted by Gasteiger charge is -2.06. The second-order valence-electron chi connectivity index (χ2n) is 4.54. The summed E-state index contributed by atoms with van der Waals surface area (Å²) in [6.07, 6.45) is 0. The first-order valence-corrected chi connectivity index (χ1v) is 8.66. The zero-order valence-corrected chi connectivity index (χ0v) is 14.1. The van der Waals surface area contributed by atoms with Gasteiger partial charge < -0.3 is 14.5 Å². The normalized spacial score (nSPS) is 10.6. The lowest BCUT2D eigenvalue weighted by Crippen LogP contribution is -2.14. The number of carbonyl (C=O) groups is 1. The molecule has 0 unspecified atom stereocenters. The van der Waals surface area contributed by atoms with Gasteiger partial charge in [-0.15, -0.1) is 21.5 Å². The molecule has 1 aromatic carbocycles. The largest absolute Gasteiger partial charge is 0.494 e. The Morgan fingerprint density at radius 2 is 2.29 bits per heavy atom. The fourth-order valence-corrected chi connectivity index (χ4v) is 3.04. The van der Waals surface area contributed by atoms with Crippen LogP contribution in [-0.2, 0) is 4.79 Å². The molecule has 124 valence electrons. The highest BCUT2D eigenvalue weighted by molar-refractivity contribution is 7.99. The number of amides is 1. The van der Waals surface area contributed by atoms with Gasteiger partial charge in [0.25, 0.3) is 11.1 Å². The average Bonchev–Trinajstić information content (AvgIpc) is 3.24. The van der Waals surface area contributed by atoms with E-state index < -0.39 is 5.82 Å². The average molecular weight is 365 g/mol. The van der Waals surface area contributed by atoms with Crippen LogP contribution in [0.15, 0.2) is 45.4 Å². The number of anilines is 1. The number of rotatable bonds is 6. The van der Waals surface area contributed by atoms with Crippen LogP contribution < -0.4 is 10.1 Å². The van der Waals surface area contributed by atoms with Crippen molar-refractivity contribution in [2.45, 2.75) is 5.22 Å². The van der Waals surface area contributed by atoms with Gasteiger partial charge in [-0.05, 0) is 23.6 Å². The van der Waals surface area contributed by atoms with E-state index in [1.165, 1.54) is 30.6 Å². The van der Waals surface area contributed by atoms with Gasteiger partial charge in [0.15, 0.2) is 11.6 Å². The second kappa shape index (κ2) is 7.45. The first kappa shape index (κ1) is 16.5. The SMILES string of the molecule is COc1ccc(NC(=O)CSc2nnc(-c3cccs3)o2)cc1F. The molecule has 0 aliphatic heterocycles. The summed E-state index contributed by atoms with van der Waals surface area (Å²) in [5, 5.41) is 12.6. The maximum Gasteiger partial charge on any atom is 0.277 e. The summed E-state index contributed by atoms with van der Waals surface area (Å²) in [6.45, 7) is 0. The number of nitrogens with one attached hydrogen (secondary N) is 1. The van der Waals surface area contributed by atoms with Crippen molar-refractivity contribution in [1.82, 2.24) is 10.2 Å². The summed E-state index contributed by atoms with van der Waals surface area (Å²) in [6, 6.07) is 7.97. The summed E-state index contributed by atoms with van der Waals surface area (Å²) in [7, 11) is 1.38. The van der Waals surface area contributed by atoms with Crippen LogP contribution in [0.25, 0.3) is 10.8 Å². The molecule has 1 N–H and O–H groups in total. The molecule has 0 spiro atoms. The standard InChI is InChI=1S/C15H12FN3O3S2/c1-21-11-5-4-9(7-10(11)16)17-13(20)8-24-15-19-18-14(22-15)12-3-2-6-23-12/h2-7H,8H2,1H3,(H,17,20). The number of hydrogen-bond donors (Lipinski definition) is 1. The predicted octanol–water partition coefficient (Wildman–Crippen LogP) is 3.68. The lowest BCUT2D eigenvalue weighted by atomic mass is 10.3. The molecule has 3 aromatic rings. The minimum Gasteiger partial charge on any atom is -0.494 e. The van der Waals surface area contributed by atoms with Crippen molar-refractivity contribution < 1.29 is 18.3 Å². The lowest BCUT2D eigenvalue weighted by molar-refractivity contribution is -0.113. The van der Waals surface area contributed by atoms with Crippen LogP contribution in [0.1, 0.15) is 0 Å². The number of carbonyl (C=O) groups excluding carboxylic acids is 1. The number of halogens is 1. The van der Waals surface area contributed by atoms with Crippen LogP contribution >= 0.6 is 23.1 Å². The number of thiophene rings is 1. The summed E-state index contributed by atoms with van der Waals surface area (Å²) < 4.78 is 23.9. The van der Waals surface area contributed by atoms with Gasteiger partial charge in [0.2, 0.25) is 5.91 Å². The number of hydrogen-bond acceptors (Lipinski definition) is 7. The van der Waals surface area contributed by atoms with E-state index in [-0.39, 0.29) is 17.4 Å². The molecule has 2 heterocycles. The van der Waals surface area contributed by atoms with E-state index in [1.807, 2.05) is 17.5 Å². The summed E-state index contributed by atoms with van der Waals surface area (Å²) in [4.78, 5) is 12.8. The monoisotopic (exact) mass is 365 g/mol. The first-order chi connectivity index (χ1) is 11.7. The molecule has 24 heavy (non-hydrogen) atoms. The van der Waals surface area contributed by atoms with Crippen LogP contribution in [-0.4, -0.2) is 29.0 Å². The van der Waals surface area contributed by atoms with Gasteiger partial charge in [-0.3, -0.25) is 4.79 Å². The second-order valence-corrected chi connectivity index (χ2v) is 6.41. The van der Waals surface area contributed by atoms with Gasteiger partial charge in [0, 0.05) is 11.8 Å². The Kier molecular flexibility index (Phi) is 5.11. The van der Waals surface area contributed by atoms with Crippen LogP contribution in [0.5, 0.6) is 5.75 Å². The highest BCUT2D eigenvalue weighted by Crippen LogP contribution is 2.26. The van der Waals surface area contributed by atoms with Gasteiger partial charge in [0.1, 0.15) is 0 Å². The van der Waals surface area contributed by atoms with Gasteiger partial charge in [-0.25, -0.2) is 4.39 Å². The number of aromatic nitrogens is 2. The van der Waals surface area contributed by atoms with Crippen LogP contribution in [0, 0.1) is 5.82 Å². The molecule has 6 nitrogen and oxygen atoms in total. The highest BCUT2D eigenvalue weighted by atomic mass is 32.2. The fourth-order valence-electron chi connectivity index (χ4n) is 1.84. The van der Waals surface area contributed by atoms with Crippen molar-refractivity contribution in [1.29, 1.82) is 0 Å². The maximum atomic E-state index is 13.6. The molecular weight excluding hydrogens is 353 g/mol. The third-order valence-electron chi connectivity index (χ3n) is 2.90. The van der Waals surface area contributed by atoms with E-state index in [1.54, 1.807) is 6.07 Å².